The highest BCUT2D eigenvalue weighted by molar-refractivity contribution is 7.99. The van der Waals surface area contributed by atoms with Gasteiger partial charge in [0.1, 0.15) is 6.33 Å². The minimum Gasteiger partial charge on any atom is -0.378 e. The third-order valence-electron chi connectivity index (χ3n) is 2.81. The number of H-pyrrole nitrogens is 1. The van der Waals surface area contributed by atoms with E-state index in [2.05, 4.69) is 19.9 Å². The Labute approximate surface area is 123 Å². The molecule has 0 saturated carbocycles. The Morgan fingerprint density at radius 3 is 2.95 bits per heavy atom. The molecule has 0 aliphatic rings. The molecule has 106 valence electrons. The van der Waals surface area contributed by atoms with Crippen molar-refractivity contribution < 1.29 is 4.92 Å². The van der Waals surface area contributed by atoms with Gasteiger partial charge in [-0.15, -0.1) is 0 Å². The zero-order valence-electron chi connectivity index (χ0n) is 10.9. The summed E-state index contributed by atoms with van der Waals surface area (Å²) in [5.74, 6) is -0.163. The van der Waals surface area contributed by atoms with E-state index in [9.17, 15) is 10.1 Å². The second-order valence-corrected chi connectivity index (χ2v) is 5.31. The first-order valence-electron chi connectivity index (χ1n) is 5.93. The molecule has 2 aromatic heterocycles. The quantitative estimate of drug-likeness (QED) is 0.432. The number of hydrogen-bond acceptors (Lipinski definition) is 7. The Morgan fingerprint density at radius 2 is 2.19 bits per heavy atom. The van der Waals surface area contributed by atoms with Crippen molar-refractivity contribution in [3.05, 3.63) is 40.2 Å². The maximum atomic E-state index is 11.1. The number of aryl methyl sites for hydroxylation is 1. The Morgan fingerprint density at radius 1 is 1.38 bits per heavy atom. The van der Waals surface area contributed by atoms with Gasteiger partial charge in [0.25, 0.3) is 0 Å². The van der Waals surface area contributed by atoms with Crippen LogP contribution in [-0.4, -0.2) is 24.9 Å². The second kappa shape index (κ2) is 5.02. The molecule has 3 aromatic rings. The van der Waals surface area contributed by atoms with Gasteiger partial charge in [0, 0.05) is 0 Å². The molecule has 8 nitrogen and oxygen atoms in total. The lowest BCUT2D eigenvalue weighted by atomic mass is 10.2. The predicted molar refractivity (Wildman–Crippen MR) is 78.1 cm³/mol. The van der Waals surface area contributed by atoms with Gasteiger partial charge in [0.05, 0.1) is 16.0 Å². The van der Waals surface area contributed by atoms with E-state index in [1.165, 1.54) is 6.33 Å². The molecule has 0 aliphatic heterocycles. The summed E-state index contributed by atoms with van der Waals surface area (Å²) in [6.07, 6.45) is 1.19. The summed E-state index contributed by atoms with van der Waals surface area (Å²) in [4.78, 5) is 25.5. The predicted octanol–water partition coefficient (Wildman–Crippen LogP) is 2.30. The minimum atomic E-state index is -0.593. The normalized spacial score (nSPS) is 10.9. The van der Waals surface area contributed by atoms with Gasteiger partial charge in [-0.1, -0.05) is 6.07 Å². The molecule has 0 aliphatic carbocycles. The summed E-state index contributed by atoms with van der Waals surface area (Å²) >= 11 is 1.05. The first-order chi connectivity index (χ1) is 10.0. The summed E-state index contributed by atoms with van der Waals surface area (Å²) in [5.41, 5.74) is 7.97. The van der Waals surface area contributed by atoms with Gasteiger partial charge in [-0.25, -0.2) is 15.0 Å². The van der Waals surface area contributed by atoms with E-state index < -0.39 is 4.92 Å². The fraction of sp³-hybridized carbons (Fsp3) is 0.0833. The number of nitrogens with one attached hydrogen (secondary N) is 1. The molecular formula is C12H10N6O2S. The first-order valence-corrected chi connectivity index (χ1v) is 6.75. The number of nitrogens with two attached hydrogens (primary N) is 1. The highest BCUT2D eigenvalue weighted by Gasteiger charge is 2.22. The van der Waals surface area contributed by atoms with Crippen LogP contribution >= 0.6 is 11.8 Å². The van der Waals surface area contributed by atoms with Gasteiger partial charge >= 0.3 is 5.69 Å². The van der Waals surface area contributed by atoms with Crippen LogP contribution in [0.3, 0.4) is 0 Å². The van der Waals surface area contributed by atoms with E-state index in [1.54, 1.807) is 0 Å². The fourth-order valence-corrected chi connectivity index (χ4v) is 2.73. The second-order valence-electron chi connectivity index (χ2n) is 4.33. The van der Waals surface area contributed by atoms with Crippen molar-refractivity contribution in [2.75, 3.05) is 5.73 Å². The molecule has 0 fully saturated rings. The van der Waals surface area contributed by atoms with Gasteiger partial charge in [0.15, 0.2) is 10.2 Å². The van der Waals surface area contributed by atoms with Crippen molar-refractivity contribution in [1.29, 1.82) is 0 Å². The van der Waals surface area contributed by atoms with Crippen LogP contribution in [0, 0.1) is 17.0 Å². The molecule has 0 saturated heterocycles. The van der Waals surface area contributed by atoms with Crippen molar-refractivity contribution in [2.24, 2.45) is 0 Å². The average molecular weight is 302 g/mol. The van der Waals surface area contributed by atoms with Gasteiger partial charge in [-0.2, -0.15) is 0 Å². The third kappa shape index (κ3) is 2.50. The molecule has 0 radical (unpaired) electrons. The highest BCUT2D eigenvalue weighted by Crippen LogP contribution is 2.34. The molecule has 2 heterocycles. The van der Waals surface area contributed by atoms with Crippen molar-refractivity contribution in [1.82, 2.24) is 19.9 Å². The van der Waals surface area contributed by atoms with E-state index in [1.807, 2.05) is 25.1 Å². The number of anilines is 1. The van der Waals surface area contributed by atoms with Crippen molar-refractivity contribution >= 4 is 34.3 Å². The number of rotatable bonds is 3. The van der Waals surface area contributed by atoms with Crippen LogP contribution < -0.4 is 5.73 Å². The molecule has 3 rings (SSSR count). The SMILES string of the molecule is Cc1ccc2nc(Sc3ncnc(N)c3[N+](=O)[O-])[nH]c2c1. The lowest BCUT2D eigenvalue weighted by Gasteiger charge is -2.00. The highest BCUT2D eigenvalue weighted by atomic mass is 32.2. The van der Waals surface area contributed by atoms with Crippen LogP contribution in [0.25, 0.3) is 11.0 Å². The molecule has 0 bridgehead atoms. The molecular weight excluding hydrogens is 292 g/mol. The number of aromatic amines is 1. The molecule has 0 unspecified atom stereocenters. The smallest absolute Gasteiger partial charge is 0.343 e. The number of aromatic nitrogens is 4. The van der Waals surface area contributed by atoms with Crippen LogP contribution in [-0.2, 0) is 0 Å². The summed E-state index contributed by atoms with van der Waals surface area (Å²) in [7, 11) is 0. The number of benzene rings is 1. The zero-order valence-corrected chi connectivity index (χ0v) is 11.7. The van der Waals surface area contributed by atoms with E-state index in [0.29, 0.717) is 5.16 Å². The Bertz CT molecular complexity index is 847. The van der Waals surface area contributed by atoms with Crippen LogP contribution in [0.15, 0.2) is 34.7 Å². The van der Waals surface area contributed by atoms with Crippen LogP contribution in [0.2, 0.25) is 0 Å². The molecule has 1 aromatic carbocycles. The van der Waals surface area contributed by atoms with Crippen LogP contribution in [0.1, 0.15) is 5.56 Å². The first kappa shape index (κ1) is 13.3. The molecule has 0 amide bonds. The minimum absolute atomic E-state index is 0.156. The lowest BCUT2D eigenvalue weighted by molar-refractivity contribution is -0.387. The lowest BCUT2D eigenvalue weighted by Crippen LogP contribution is -2.01. The maximum absolute atomic E-state index is 11.1. The maximum Gasteiger partial charge on any atom is 0.343 e. The number of imidazole rings is 1. The summed E-state index contributed by atoms with van der Waals surface area (Å²) in [6, 6.07) is 5.78. The number of nitrogens with zero attached hydrogens (tertiary/aromatic N) is 4. The van der Waals surface area contributed by atoms with Gasteiger partial charge in [0.2, 0.25) is 5.82 Å². The van der Waals surface area contributed by atoms with Gasteiger partial charge in [-0.05, 0) is 36.4 Å². The van der Waals surface area contributed by atoms with Gasteiger partial charge < -0.3 is 10.7 Å². The molecule has 0 spiro atoms. The van der Waals surface area contributed by atoms with E-state index in [0.717, 1.165) is 28.4 Å². The number of fused-ring (bicyclic) bond motifs is 1. The van der Waals surface area contributed by atoms with Crippen molar-refractivity contribution in [3.63, 3.8) is 0 Å². The van der Waals surface area contributed by atoms with E-state index >= 15 is 0 Å². The number of nitro groups is 1. The van der Waals surface area contributed by atoms with E-state index in [4.69, 9.17) is 5.73 Å². The third-order valence-corrected chi connectivity index (χ3v) is 3.69. The largest absolute Gasteiger partial charge is 0.378 e. The number of hydrogen-bond donors (Lipinski definition) is 2. The average Bonchev–Trinajstić information content (AvgIpc) is 2.79. The summed E-state index contributed by atoms with van der Waals surface area (Å²) in [5, 5.41) is 11.7. The van der Waals surface area contributed by atoms with Crippen molar-refractivity contribution in [2.45, 2.75) is 17.1 Å². The standard InChI is InChI=1S/C12H10N6O2S/c1-6-2-3-7-8(4-6)17-12(16-7)21-11-9(18(19)20)10(13)14-5-15-11/h2-5H,1H3,(H,16,17)(H2,13,14,15). The summed E-state index contributed by atoms with van der Waals surface area (Å²) in [6.45, 7) is 1.98. The topological polar surface area (TPSA) is 124 Å². The zero-order chi connectivity index (χ0) is 15.0. The van der Waals surface area contributed by atoms with Crippen LogP contribution in [0.5, 0.6) is 0 Å². The van der Waals surface area contributed by atoms with E-state index in [-0.39, 0.29) is 16.5 Å². The monoisotopic (exact) mass is 302 g/mol. The Hall–Kier alpha value is -2.68. The fourth-order valence-electron chi connectivity index (χ4n) is 1.86. The van der Waals surface area contributed by atoms with Gasteiger partial charge in [-0.3, -0.25) is 10.1 Å². The van der Waals surface area contributed by atoms with Crippen LogP contribution in [0.4, 0.5) is 11.5 Å². The number of nitrogen functional groups attached to an aromatic ring is 1. The molecule has 3 N–H and O–H groups in total. The Balaban J connectivity index is 2.02. The van der Waals surface area contributed by atoms with Crippen molar-refractivity contribution in [3.8, 4) is 0 Å². The molecule has 21 heavy (non-hydrogen) atoms. The summed E-state index contributed by atoms with van der Waals surface area (Å²) < 4.78 is 0. The molecule has 9 heteroatoms. The Kier molecular flexibility index (Phi) is 3.18. The molecule has 0 atom stereocenters.